The SMILES string of the molecule is COc1ccc(NC(=O)c2csc(CCN)n2)cc1OCC(F)(F)F.Cl. The van der Waals surface area contributed by atoms with Gasteiger partial charge < -0.3 is 20.5 Å². The van der Waals surface area contributed by atoms with Crippen LogP contribution in [0.4, 0.5) is 18.9 Å². The van der Waals surface area contributed by atoms with Gasteiger partial charge >= 0.3 is 6.18 Å². The highest BCUT2D eigenvalue weighted by atomic mass is 35.5. The molecule has 0 aliphatic carbocycles. The summed E-state index contributed by atoms with van der Waals surface area (Å²) < 4.78 is 46.7. The third-order valence-corrected chi connectivity index (χ3v) is 3.86. The Labute approximate surface area is 157 Å². The van der Waals surface area contributed by atoms with E-state index in [1.165, 1.54) is 36.6 Å². The Balaban J connectivity index is 0.00000338. The molecular formula is C15H17ClF3N3O3S. The van der Waals surface area contributed by atoms with Gasteiger partial charge in [-0.1, -0.05) is 0 Å². The van der Waals surface area contributed by atoms with E-state index in [4.69, 9.17) is 15.2 Å². The Hall–Kier alpha value is -2.04. The van der Waals surface area contributed by atoms with Crippen molar-refractivity contribution in [1.82, 2.24) is 4.98 Å². The summed E-state index contributed by atoms with van der Waals surface area (Å²) in [6.45, 7) is -1.04. The second-order valence-corrected chi connectivity index (χ2v) is 5.83. The number of methoxy groups -OCH3 is 1. The largest absolute Gasteiger partial charge is 0.493 e. The van der Waals surface area contributed by atoms with Crippen LogP contribution in [0.15, 0.2) is 23.6 Å². The zero-order valence-electron chi connectivity index (χ0n) is 13.6. The smallest absolute Gasteiger partial charge is 0.422 e. The van der Waals surface area contributed by atoms with Crippen molar-refractivity contribution < 1.29 is 27.4 Å². The number of thiazole rings is 1. The average molecular weight is 412 g/mol. The first-order valence-electron chi connectivity index (χ1n) is 7.16. The second-order valence-electron chi connectivity index (χ2n) is 4.89. The lowest BCUT2D eigenvalue weighted by molar-refractivity contribution is -0.153. The number of anilines is 1. The molecule has 0 unspecified atom stereocenters. The minimum Gasteiger partial charge on any atom is -0.493 e. The molecule has 1 heterocycles. The number of carbonyl (C=O) groups is 1. The third kappa shape index (κ3) is 6.36. The van der Waals surface area contributed by atoms with Crippen LogP contribution in [0.5, 0.6) is 11.5 Å². The molecule has 0 aliphatic heterocycles. The van der Waals surface area contributed by atoms with E-state index >= 15 is 0 Å². The van der Waals surface area contributed by atoms with Gasteiger partial charge in [0.25, 0.3) is 5.91 Å². The van der Waals surface area contributed by atoms with Crippen LogP contribution in [-0.2, 0) is 6.42 Å². The highest BCUT2D eigenvalue weighted by Gasteiger charge is 2.29. The molecule has 0 spiro atoms. The maximum absolute atomic E-state index is 12.3. The number of halogens is 4. The van der Waals surface area contributed by atoms with Gasteiger partial charge in [-0.3, -0.25) is 4.79 Å². The molecule has 1 aromatic carbocycles. The predicted octanol–water partition coefficient (Wildman–Crippen LogP) is 3.27. The van der Waals surface area contributed by atoms with Crippen molar-refractivity contribution in [3.8, 4) is 11.5 Å². The molecule has 2 aromatic rings. The Morgan fingerprint density at radius 1 is 1.35 bits per heavy atom. The molecule has 0 saturated heterocycles. The normalized spacial score (nSPS) is 10.8. The highest BCUT2D eigenvalue weighted by Crippen LogP contribution is 2.31. The summed E-state index contributed by atoms with van der Waals surface area (Å²) in [7, 11) is 1.31. The molecule has 11 heteroatoms. The number of aromatic nitrogens is 1. The zero-order chi connectivity index (χ0) is 18.4. The summed E-state index contributed by atoms with van der Waals surface area (Å²) in [5.74, 6) is -0.479. The van der Waals surface area contributed by atoms with E-state index < -0.39 is 18.7 Å². The fraction of sp³-hybridized carbons (Fsp3) is 0.333. The van der Waals surface area contributed by atoms with Gasteiger partial charge in [0, 0.05) is 23.6 Å². The van der Waals surface area contributed by atoms with Crippen LogP contribution < -0.4 is 20.5 Å². The van der Waals surface area contributed by atoms with Gasteiger partial charge in [-0.05, 0) is 18.7 Å². The summed E-state index contributed by atoms with van der Waals surface area (Å²) in [6.07, 6.45) is -3.92. The molecule has 2 rings (SSSR count). The summed E-state index contributed by atoms with van der Waals surface area (Å²) in [5, 5.41) is 4.88. The minimum absolute atomic E-state index is 0. The van der Waals surface area contributed by atoms with Gasteiger partial charge in [0.1, 0.15) is 5.69 Å². The number of rotatable bonds is 7. The number of nitrogens with two attached hydrogens (primary N) is 1. The molecule has 0 radical (unpaired) electrons. The van der Waals surface area contributed by atoms with Crippen molar-refractivity contribution in [2.75, 3.05) is 25.6 Å². The molecular weight excluding hydrogens is 395 g/mol. The van der Waals surface area contributed by atoms with Gasteiger partial charge in [0.05, 0.1) is 12.1 Å². The van der Waals surface area contributed by atoms with Crippen LogP contribution in [0.25, 0.3) is 0 Å². The zero-order valence-corrected chi connectivity index (χ0v) is 15.3. The molecule has 0 bridgehead atoms. The van der Waals surface area contributed by atoms with Crippen LogP contribution >= 0.6 is 23.7 Å². The fourth-order valence-electron chi connectivity index (χ4n) is 1.88. The van der Waals surface area contributed by atoms with Gasteiger partial charge in [-0.2, -0.15) is 13.2 Å². The van der Waals surface area contributed by atoms with Crippen LogP contribution in [0.1, 0.15) is 15.5 Å². The van der Waals surface area contributed by atoms with Crippen molar-refractivity contribution in [2.45, 2.75) is 12.6 Å². The summed E-state index contributed by atoms with van der Waals surface area (Å²) in [5.41, 5.74) is 5.90. The molecule has 144 valence electrons. The van der Waals surface area contributed by atoms with Crippen molar-refractivity contribution >= 4 is 35.3 Å². The van der Waals surface area contributed by atoms with Crippen LogP contribution in [-0.4, -0.2) is 37.3 Å². The predicted molar refractivity (Wildman–Crippen MR) is 94.6 cm³/mol. The van der Waals surface area contributed by atoms with E-state index in [9.17, 15) is 18.0 Å². The Morgan fingerprint density at radius 3 is 2.69 bits per heavy atom. The van der Waals surface area contributed by atoms with Crippen molar-refractivity contribution in [1.29, 1.82) is 0 Å². The van der Waals surface area contributed by atoms with Gasteiger partial charge in [-0.15, -0.1) is 23.7 Å². The molecule has 0 atom stereocenters. The van der Waals surface area contributed by atoms with Crippen molar-refractivity contribution in [3.63, 3.8) is 0 Å². The van der Waals surface area contributed by atoms with Crippen LogP contribution in [0.2, 0.25) is 0 Å². The van der Waals surface area contributed by atoms with Crippen LogP contribution in [0, 0.1) is 0 Å². The van der Waals surface area contributed by atoms with E-state index in [0.717, 1.165) is 5.01 Å². The molecule has 1 amide bonds. The topological polar surface area (TPSA) is 86.5 Å². The Morgan fingerprint density at radius 2 is 2.08 bits per heavy atom. The second kappa shape index (κ2) is 9.60. The van der Waals surface area contributed by atoms with Crippen molar-refractivity contribution in [2.24, 2.45) is 5.73 Å². The molecule has 6 nitrogen and oxygen atoms in total. The minimum atomic E-state index is -4.48. The Bertz CT molecular complexity index is 740. The van der Waals surface area contributed by atoms with Gasteiger partial charge in [0.15, 0.2) is 18.1 Å². The third-order valence-electron chi connectivity index (χ3n) is 2.96. The lowest BCUT2D eigenvalue weighted by Crippen LogP contribution is -2.19. The summed E-state index contributed by atoms with van der Waals surface area (Å²) in [6, 6.07) is 4.15. The first kappa shape index (κ1) is 22.0. The van der Waals surface area contributed by atoms with Crippen molar-refractivity contribution in [3.05, 3.63) is 34.3 Å². The number of nitrogens with one attached hydrogen (secondary N) is 1. The molecule has 0 saturated carbocycles. The number of hydrogen-bond acceptors (Lipinski definition) is 6. The number of alkyl halides is 3. The van der Waals surface area contributed by atoms with Gasteiger partial charge in [-0.25, -0.2) is 4.98 Å². The maximum atomic E-state index is 12.3. The average Bonchev–Trinajstić information content (AvgIpc) is 3.01. The summed E-state index contributed by atoms with van der Waals surface area (Å²) >= 11 is 1.31. The molecule has 26 heavy (non-hydrogen) atoms. The maximum Gasteiger partial charge on any atom is 0.422 e. The monoisotopic (exact) mass is 411 g/mol. The fourth-order valence-corrected chi connectivity index (χ4v) is 2.67. The first-order chi connectivity index (χ1) is 11.8. The molecule has 1 aromatic heterocycles. The molecule has 0 aliphatic rings. The Kier molecular flexibility index (Phi) is 8.12. The van der Waals surface area contributed by atoms with Crippen LogP contribution in [0.3, 0.4) is 0 Å². The highest BCUT2D eigenvalue weighted by molar-refractivity contribution is 7.09. The number of amides is 1. The van der Waals surface area contributed by atoms with E-state index in [1.54, 1.807) is 5.38 Å². The number of ether oxygens (including phenoxy) is 2. The van der Waals surface area contributed by atoms with E-state index in [-0.39, 0.29) is 35.3 Å². The number of nitrogens with zero attached hydrogens (tertiary/aromatic N) is 1. The van der Waals surface area contributed by atoms with E-state index in [0.29, 0.717) is 13.0 Å². The van der Waals surface area contributed by atoms with E-state index in [1.807, 2.05) is 0 Å². The number of benzene rings is 1. The van der Waals surface area contributed by atoms with E-state index in [2.05, 4.69) is 10.3 Å². The number of hydrogen-bond donors (Lipinski definition) is 2. The first-order valence-corrected chi connectivity index (χ1v) is 8.03. The van der Waals surface area contributed by atoms with Gasteiger partial charge in [0.2, 0.25) is 0 Å². The standard InChI is InChI=1S/C15H16F3N3O3S.ClH/c1-23-11-3-2-9(6-12(11)24-8-15(16,17)18)20-14(22)10-7-25-13(21-10)4-5-19;/h2-3,6-7H,4-5,8,19H2,1H3,(H,20,22);1H. The summed E-state index contributed by atoms with van der Waals surface area (Å²) in [4.78, 5) is 16.3. The molecule has 3 N–H and O–H groups in total. The lowest BCUT2D eigenvalue weighted by atomic mass is 10.2. The quantitative estimate of drug-likeness (QED) is 0.730. The number of carbonyl (C=O) groups excluding carboxylic acids is 1. The molecule has 0 fully saturated rings. The lowest BCUT2D eigenvalue weighted by Gasteiger charge is -2.14.